The molecule has 0 bridgehead atoms. The van der Waals surface area contributed by atoms with E-state index in [2.05, 4.69) is 13.8 Å². The van der Waals surface area contributed by atoms with E-state index in [1.165, 1.54) is 12.1 Å². The fourth-order valence-electron chi connectivity index (χ4n) is 2.61. The quantitative estimate of drug-likeness (QED) is 0.898. The molecule has 4 nitrogen and oxygen atoms in total. The van der Waals surface area contributed by atoms with Crippen molar-refractivity contribution >= 4 is 33.2 Å². The topological polar surface area (TPSA) is 69.4 Å². The highest BCUT2D eigenvalue weighted by atomic mass is 35.5. The second-order valence-corrected chi connectivity index (χ2v) is 8.03. The van der Waals surface area contributed by atoms with Crippen LogP contribution in [0.5, 0.6) is 5.75 Å². The Morgan fingerprint density at radius 3 is 2.38 bits per heavy atom. The van der Waals surface area contributed by atoms with Gasteiger partial charge in [-0.3, -0.25) is 0 Å². The molecule has 1 saturated carbocycles. The minimum Gasteiger partial charge on any atom is -0.489 e. The van der Waals surface area contributed by atoms with Crippen molar-refractivity contribution in [3.05, 3.63) is 22.2 Å². The lowest BCUT2D eigenvalue weighted by molar-refractivity contribution is 0.101. The molecule has 0 spiro atoms. The maximum atomic E-state index is 11.4. The van der Waals surface area contributed by atoms with Gasteiger partial charge in [-0.25, -0.2) is 13.6 Å². The lowest BCUT2D eigenvalue weighted by Gasteiger charge is -2.32. The zero-order chi connectivity index (χ0) is 15.8. The highest BCUT2D eigenvalue weighted by molar-refractivity contribution is 7.89. The average Bonchev–Trinajstić information content (AvgIpc) is 2.38. The zero-order valence-corrected chi connectivity index (χ0v) is 14.3. The van der Waals surface area contributed by atoms with Crippen LogP contribution in [-0.2, 0) is 10.0 Å². The number of sulfonamides is 1. The number of rotatable bonds is 3. The molecule has 1 aliphatic rings. The summed E-state index contributed by atoms with van der Waals surface area (Å²) in [6.07, 6.45) is 3.08. The van der Waals surface area contributed by atoms with Gasteiger partial charge >= 0.3 is 0 Å². The summed E-state index contributed by atoms with van der Waals surface area (Å²) in [7, 11) is -3.89. The van der Waals surface area contributed by atoms with Crippen LogP contribution in [0.3, 0.4) is 0 Å². The van der Waals surface area contributed by atoms with Crippen LogP contribution in [0, 0.1) is 11.8 Å². The molecule has 1 aromatic carbocycles. The molecule has 0 radical (unpaired) electrons. The SMILES string of the molecule is CC1CCC(Oc2ccc(S(N)(=O)=O)c(Cl)c2Cl)CC1C. The first-order valence-corrected chi connectivity index (χ1v) is 9.17. The van der Waals surface area contributed by atoms with Gasteiger partial charge in [0.25, 0.3) is 0 Å². The Morgan fingerprint density at radius 2 is 1.81 bits per heavy atom. The third kappa shape index (κ3) is 3.83. The summed E-state index contributed by atoms with van der Waals surface area (Å²) in [5.41, 5.74) is 0. The summed E-state index contributed by atoms with van der Waals surface area (Å²) in [6, 6.07) is 2.84. The summed E-state index contributed by atoms with van der Waals surface area (Å²) in [5.74, 6) is 1.68. The Morgan fingerprint density at radius 1 is 1.14 bits per heavy atom. The van der Waals surface area contributed by atoms with E-state index >= 15 is 0 Å². The number of hydrogen-bond donors (Lipinski definition) is 1. The van der Waals surface area contributed by atoms with Gasteiger partial charge in [-0.1, -0.05) is 37.0 Å². The van der Waals surface area contributed by atoms with Crippen LogP contribution in [0.1, 0.15) is 33.1 Å². The average molecular weight is 352 g/mol. The minimum absolute atomic E-state index is 0.0742. The predicted molar refractivity (Wildman–Crippen MR) is 84.4 cm³/mol. The van der Waals surface area contributed by atoms with Crippen LogP contribution in [0.15, 0.2) is 17.0 Å². The Kier molecular flexibility index (Phi) is 5.08. The number of primary sulfonamides is 1. The Balaban J connectivity index is 2.21. The van der Waals surface area contributed by atoms with Crippen molar-refractivity contribution < 1.29 is 13.2 Å². The van der Waals surface area contributed by atoms with E-state index in [1.807, 2.05) is 0 Å². The molecule has 1 aliphatic carbocycles. The number of benzene rings is 1. The number of nitrogens with two attached hydrogens (primary N) is 1. The lowest BCUT2D eigenvalue weighted by atomic mass is 9.80. The molecule has 0 amide bonds. The fourth-order valence-corrected chi connectivity index (χ4v) is 3.96. The second-order valence-electron chi connectivity index (χ2n) is 5.74. The molecular formula is C14H19Cl2NO3S. The third-order valence-electron chi connectivity index (χ3n) is 4.16. The number of hydrogen-bond acceptors (Lipinski definition) is 3. The second kappa shape index (κ2) is 6.32. The summed E-state index contributed by atoms with van der Waals surface area (Å²) < 4.78 is 28.7. The standard InChI is InChI=1S/C14H19Cl2NO3S/c1-8-3-4-10(7-9(8)2)20-11-5-6-12(21(17,18)19)14(16)13(11)15/h5-6,8-10H,3-4,7H2,1-2H3,(H2,17,18,19). The van der Waals surface area contributed by atoms with Gasteiger partial charge in [-0.05, 0) is 43.2 Å². The fraction of sp³-hybridized carbons (Fsp3) is 0.571. The molecule has 2 N–H and O–H groups in total. The normalized spacial score (nSPS) is 26.6. The van der Waals surface area contributed by atoms with Gasteiger partial charge in [0.15, 0.2) is 0 Å². The predicted octanol–water partition coefficient (Wildman–Crippen LogP) is 3.84. The molecule has 1 aromatic rings. The van der Waals surface area contributed by atoms with Crippen molar-refractivity contribution in [2.75, 3.05) is 0 Å². The monoisotopic (exact) mass is 351 g/mol. The van der Waals surface area contributed by atoms with Crippen LogP contribution < -0.4 is 9.88 Å². The van der Waals surface area contributed by atoms with Crippen LogP contribution in [-0.4, -0.2) is 14.5 Å². The largest absolute Gasteiger partial charge is 0.489 e. The Hall–Kier alpha value is -0.490. The van der Waals surface area contributed by atoms with Gasteiger partial charge in [0.1, 0.15) is 15.7 Å². The first-order valence-electron chi connectivity index (χ1n) is 6.87. The van der Waals surface area contributed by atoms with Crippen LogP contribution in [0.4, 0.5) is 0 Å². The molecule has 2 rings (SSSR count). The Bertz CT molecular complexity index is 633. The van der Waals surface area contributed by atoms with Crippen molar-refractivity contribution in [2.45, 2.75) is 44.1 Å². The molecule has 118 valence electrons. The number of halogens is 2. The van der Waals surface area contributed by atoms with Gasteiger partial charge in [0.2, 0.25) is 10.0 Å². The van der Waals surface area contributed by atoms with E-state index in [0.29, 0.717) is 17.6 Å². The van der Waals surface area contributed by atoms with E-state index in [9.17, 15) is 8.42 Å². The highest BCUT2D eigenvalue weighted by Crippen LogP contribution is 2.39. The van der Waals surface area contributed by atoms with Gasteiger partial charge in [0, 0.05) is 0 Å². The first-order chi connectivity index (χ1) is 9.70. The summed E-state index contributed by atoms with van der Waals surface area (Å²) >= 11 is 12.1. The van der Waals surface area contributed by atoms with E-state index in [4.69, 9.17) is 33.1 Å². The molecule has 1 fully saturated rings. The molecule has 0 heterocycles. The smallest absolute Gasteiger partial charge is 0.239 e. The van der Waals surface area contributed by atoms with Crippen LogP contribution in [0.2, 0.25) is 10.0 Å². The maximum Gasteiger partial charge on any atom is 0.239 e. The van der Waals surface area contributed by atoms with Gasteiger partial charge < -0.3 is 4.74 Å². The lowest BCUT2D eigenvalue weighted by Crippen LogP contribution is -2.28. The summed E-state index contributed by atoms with van der Waals surface area (Å²) in [4.78, 5) is -0.188. The Labute approximate surface area is 135 Å². The van der Waals surface area contributed by atoms with Gasteiger partial charge in [-0.2, -0.15) is 0 Å². The maximum absolute atomic E-state index is 11.4. The molecular weight excluding hydrogens is 333 g/mol. The molecule has 3 atom stereocenters. The highest BCUT2D eigenvalue weighted by Gasteiger charge is 2.27. The molecule has 7 heteroatoms. The third-order valence-corrected chi connectivity index (χ3v) is 6.09. The molecule has 0 aromatic heterocycles. The van der Waals surface area contributed by atoms with Crippen molar-refractivity contribution in [1.29, 1.82) is 0 Å². The van der Waals surface area contributed by atoms with Gasteiger partial charge in [-0.15, -0.1) is 0 Å². The first kappa shape index (κ1) is 16.9. The zero-order valence-electron chi connectivity index (χ0n) is 12.0. The van der Waals surface area contributed by atoms with E-state index in [-0.39, 0.29) is 21.0 Å². The van der Waals surface area contributed by atoms with Crippen molar-refractivity contribution in [1.82, 2.24) is 0 Å². The molecule has 0 aliphatic heterocycles. The molecule has 0 saturated heterocycles. The van der Waals surface area contributed by atoms with Crippen LogP contribution in [0.25, 0.3) is 0 Å². The number of ether oxygens (including phenoxy) is 1. The molecule has 21 heavy (non-hydrogen) atoms. The van der Waals surface area contributed by atoms with Crippen molar-refractivity contribution in [2.24, 2.45) is 17.0 Å². The van der Waals surface area contributed by atoms with Crippen LogP contribution >= 0.6 is 23.2 Å². The van der Waals surface area contributed by atoms with Gasteiger partial charge in [0.05, 0.1) is 11.1 Å². The van der Waals surface area contributed by atoms with E-state index in [0.717, 1.165) is 19.3 Å². The van der Waals surface area contributed by atoms with E-state index < -0.39 is 10.0 Å². The molecule has 3 unspecified atom stereocenters. The van der Waals surface area contributed by atoms with E-state index in [1.54, 1.807) is 0 Å². The minimum atomic E-state index is -3.89. The van der Waals surface area contributed by atoms with Crippen molar-refractivity contribution in [3.63, 3.8) is 0 Å². The summed E-state index contributed by atoms with van der Waals surface area (Å²) in [6.45, 7) is 4.45. The van der Waals surface area contributed by atoms with Crippen molar-refractivity contribution in [3.8, 4) is 5.75 Å². The summed E-state index contributed by atoms with van der Waals surface area (Å²) in [5, 5.41) is 5.09.